The molecule has 0 unspecified atom stereocenters. The molecule has 21 heavy (non-hydrogen) atoms. The first kappa shape index (κ1) is 17.7. The van der Waals surface area contributed by atoms with E-state index in [1.54, 1.807) is 39.0 Å². The van der Waals surface area contributed by atoms with Crippen molar-refractivity contribution in [1.82, 2.24) is 0 Å². The summed E-state index contributed by atoms with van der Waals surface area (Å²) in [4.78, 5) is 24.4. The maximum atomic E-state index is 12.3. The lowest BCUT2D eigenvalue weighted by Crippen LogP contribution is -2.25. The zero-order valence-electron chi connectivity index (χ0n) is 12.9. The molecule has 116 valence electrons. The first-order valence-corrected chi connectivity index (χ1v) is 7.74. The molecule has 0 atom stereocenters. The Labute approximate surface area is 133 Å². The molecule has 0 aliphatic carbocycles. The van der Waals surface area contributed by atoms with Gasteiger partial charge in [-0.2, -0.15) is 0 Å². The molecule has 0 spiro atoms. The van der Waals surface area contributed by atoms with Crippen LogP contribution in [-0.4, -0.2) is 24.1 Å². The molecule has 4 nitrogen and oxygen atoms in total. The number of ether oxygens (including phenoxy) is 2. The molecule has 0 heterocycles. The number of hydrogen-bond donors (Lipinski definition) is 0. The fourth-order valence-electron chi connectivity index (χ4n) is 1.62. The van der Waals surface area contributed by atoms with Gasteiger partial charge >= 0.3 is 11.9 Å². The van der Waals surface area contributed by atoms with Crippen LogP contribution in [0.5, 0.6) is 0 Å². The maximum absolute atomic E-state index is 12.3. The molecule has 0 aliphatic heterocycles. The Balaban J connectivity index is 3.03. The van der Waals surface area contributed by atoms with E-state index in [2.05, 4.69) is 15.9 Å². The molecular weight excluding hydrogens is 336 g/mol. The summed E-state index contributed by atoms with van der Waals surface area (Å²) in [5, 5.41) is 0. The third kappa shape index (κ3) is 5.50. The minimum atomic E-state index is -0.629. The minimum absolute atomic E-state index is 0.203. The molecule has 0 N–H and O–H groups in total. The normalized spacial score (nSPS) is 11.1. The van der Waals surface area contributed by atoms with Crippen LogP contribution in [0.4, 0.5) is 0 Å². The first-order chi connectivity index (χ1) is 9.76. The van der Waals surface area contributed by atoms with E-state index >= 15 is 0 Å². The lowest BCUT2D eigenvalue weighted by Gasteiger charge is -2.20. The molecule has 5 heteroatoms. The average Bonchev–Trinajstić information content (AvgIpc) is 2.36. The van der Waals surface area contributed by atoms with Crippen LogP contribution < -0.4 is 0 Å². The summed E-state index contributed by atoms with van der Waals surface area (Å²) < 4.78 is 11.0. The monoisotopic (exact) mass is 356 g/mol. The van der Waals surface area contributed by atoms with Crippen molar-refractivity contribution in [2.24, 2.45) is 0 Å². The van der Waals surface area contributed by atoms with Gasteiger partial charge in [-0.25, -0.2) is 9.59 Å². The van der Waals surface area contributed by atoms with Crippen molar-refractivity contribution in [2.75, 3.05) is 6.61 Å². The SMILES string of the molecule is CCCCOC(=O)c1cccc(Br)c1C(=O)OC(C)(C)C. The quantitative estimate of drug-likeness (QED) is 0.580. The highest BCUT2D eigenvalue weighted by molar-refractivity contribution is 9.10. The van der Waals surface area contributed by atoms with Gasteiger partial charge in [-0.05, 0) is 55.3 Å². The third-order valence-corrected chi connectivity index (χ3v) is 3.23. The van der Waals surface area contributed by atoms with Gasteiger partial charge < -0.3 is 9.47 Å². The number of carbonyl (C=O) groups is 2. The average molecular weight is 357 g/mol. The molecule has 1 aromatic carbocycles. The standard InChI is InChI=1S/C16H21BrO4/c1-5-6-10-20-14(18)11-8-7-9-12(17)13(11)15(19)21-16(2,3)4/h7-9H,5-6,10H2,1-4H3. The number of rotatable bonds is 5. The zero-order chi connectivity index (χ0) is 16.0. The summed E-state index contributed by atoms with van der Waals surface area (Å²) in [7, 11) is 0. The molecule has 0 aliphatic rings. The Bertz CT molecular complexity index is 517. The Morgan fingerprint density at radius 1 is 1.19 bits per heavy atom. The molecule has 0 aromatic heterocycles. The largest absolute Gasteiger partial charge is 0.462 e. The van der Waals surface area contributed by atoms with Gasteiger partial charge in [0, 0.05) is 4.47 Å². The third-order valence-electron chi connectivity index (χ3n) is 2.57. The minimum Gasteiger partial charge on any atom is -0.462 e. The lowest BCUT2D eigenvalue weighted by atomic mass is 10.1. The predicted octanol–water partition coefficient (Wildman–Crippen LogP) is 4.36. The fourth-order valence-corrected chi connectivity index (χ4v) is 2.15. The van der Waals surface area contributed by atoms with E-state index in [-0.39, 0.29) is 11.1 Å². The second-order valence-electron chi connectivity index (χ2n) is 5.65. The topological polar surface area (TPSA) is 52.6 Å². The van der Waals surface area contributed by atoms with Gasteiger partial charge in [0.05, 0.1) is 17.7 Å². The summed E-state index contributed by atoms with van der Waals surface area (Å²) in [6.07, 6.45) is 1.73. The number of benzene rings is 1. The van der Waals surface area contributed by atoms with E-state index in [1.165, 1.54) is 0 Å². The van der Waals surface area contributed by atoms with Crippen LogP contribution in [0.15, 0.2) is 22.7 Å². The van der Waals surface area contributed by atoms with E-state index in [9.17, 15) is 9.59 Å². The molecule has 0 amide bonds. The zero-order valence-corrected chi connectivity index (χ0v) is 14.5. The van der Waals surface area contributed by atoms with E-state index in [4.69, 9.17) is 9.47 Å². The van der Waals surface area contributed by atoms with Gasteiger partial charge in [0.15, 0.2) is 0 Å². The summed E-state index contributed by atoms with van der Waals surface area (Å²) in [5.74, 6) is -1.05. The highest BCUT2D eigenvalue weighted by atomic mass is 79.9. The Hall–Kier alpha value is -1.36. The van der Waals surface area contributed by atoms with Crippen molar-refractivity contribution < 1.29 is 19.1 Å². The smallest absolute Gasteiger partial charge is 0.340 e. The number of halogens is 1. The summed E-state index contributed by atoms with van der Waals surface area (Å²) in [6, 6.07) is 4.95. The lowest BCUT2D eigenvalue weighted by molar-refractivity contribution is 0.00630. The molecule has 0 saturated carbocycles. The van der Waals surface area contributed by atoms with Crippen LogP contribution in [0.1, 0.15) is 61.3 Å². The molecule has 1 rings (SSSR count). The number of hydrogen-bond acceptors (Lipinski definition) is 4. The number of esters is 2. The van der Waals surface area contributed by atoms with E-state index in [1.807, 2.05) is 6.92 Å². The van der Waals surface area contributed by atoms with Crippen LogP contribution in [0, 0.1) is 0 Å². The van der Waals surface area contributed by atoms with Crippen molar-refractivity contribution >= 4 is 27.9 Å². The first-order valence-electron chi connectivity index (χ1n) is 6.95. The van der Waals surface area contributed by atoms with Gasteiger partial charge in [-0.15, -0.1) is 0 Å². The van der Waals surface area contributed by atoms with Crippen LogP contribution >= 0.6 is 15.9 Å². The Morgan fingerprint density at radius 2 is 1.86 bits per heavy atom. The summed E-state index contributed by atoms with van der Waals surface area (Å²) in [6.45, 7) is 7.69. The van der Waals surface area contributed by atoms with Crippen LogP contribution in [0.25, 0.3) is 0 Å². The molecule has 0 saturated heterocycles. The van der Waals surface area contributed by atoms with Crippen LogP contribution in [-0.2, 0) is 9.47 Å². The van der Waals surface area contributed by atoms with Crippen molar-refractivity contribution in [1.29, 1.82) is 0 Å². The van der Waals surface area contributed by atoms with Crippen LogP contribution in [0.2, 0.25) is 0 Å². The molecule has 0 radical (unpaired) electrons. The summed E-state index contributed by atoms with van der Waals surface area (Å²) >= 11 is 3.30. The van der Waals surface area contributed by atoms with E-state index < -0.39 is 17.5 Å². The number of carbonyl (C=O) groups excluding carboxylic acids is 2. The van der Waals surface area contributed by atoms with Crippen molar-refractivity contribution in [3.05, 3.63) is 33.8 Å². The van der Waals surface area contributed by atoms with Gasteiger partial charge in [-0.1, -0.05) is 19.4 Å². The Morgan fingerprint density at radius 3 is 2.43 bits per heavy atom. The van der Waals surface area contributed by atoms with Crippen molar-refractivity contribution in [3.63, 3.8) is 0 Å². The van der Waals surface area contributed by atoms with E-state index in [0.29, 0.717) is 11.1 Å². The highest BCUT2D eigenvalue weighted by Crippen LogP contribution is 2.24. The van der Waals surface area contributed by atoms with Gasteiger partial charge in [-0.3, -0.25) is 0 Å². The molecule has 0 bridgehead atoms. The summed E-state index contributed by atoms with van der Waals surface area (Å²) in [5.41, 5.74) is -0.209. The predicted molar refractivity (Wildman–Crippen MR) is 84.5 cm³/mol. The fraction of sp³-hybridized carbons (Fsp3) is 0.500. The second-order valence-corrected chi connectivity index (χ2v) is 6.51. The van der Waals surface area contributed by atoms with Crippen molar-refractivity contribution in [2.45, 2.75) is 46.1 Å². The van der Waals surface area contributed by atoms with Crippen LogP contribution in [0.3, 0.4) is 0 Å². The molecular formula is C16H21BrO4. The molecule has 0 fully saturated rings. The van der Waals surface area contributed by atoms with Gasteiger partial charge in [0.25, 0.3) is 0 Å². The van der Waals surface area contributed by atoms with Gasteiger partial charge in [0.2, 0.25) is 0 Å². The maximum Gasteiger partial charge on any atom is 0.340 e. The second kappa shape index (κ2) is 7.59. The number of unbranched alkanes of at least 4 members (excludes halogenated alkanes) is 1. The molecule has 1 aromatic rings. The van der Waals surface area contributed by atoms with Gasteiger partial charge in [0.1, 0.15) is 5.60 Å². The van der Waals surface area contributed by atoms with Crippen molar-refractivity contribution in [3.8, 4) is 0 Å². The van der Waals surface area contributed by atoms with E-state index in [0.717, 1.165) is 12.8 Å². The Kier molecular flexibility index (Phi) is 6.40. The highest BCUT2D eigenvalue weighted by Gasteiger charge is 2.25.